The molecule has 0 saturated carbocycles. The predicted octanol–water partition coefficient (Wildman–Crippen LogP) is 2.28. The Morgan fingerprint density at radius 2 is 1.40 bits per heavy atom. The van der Waals surface area contributed by atoms with Crippen molar-refractivity contribution in [2.75, 3.05) is 52.4 Å². The van der Waals surface area contributed by atoms with E-state index in [1.807, 2.05) is 0 Å². The molecular weight excluding hydrogens is 246 g/mol. The molecule has 0 spiro atoms. The van der Waals surface area contributed by atoms with Gasteiger partial charge in [-0.05, 0) is 70.6 Å². The summed E-state index contributed by atoms with van der Waals surface area (Å²) in [5.41, 5.74) is 0. The Morgan fingerprint density at radius 1 is 0.750 bits per heavy atom. The van der Waals surface area contributed by atoms with Crippen LogP contribution in [0.15, 0.2) is 0 Å². The lowest BCUT2D eigenvalue weighted by atomic mass is 10.0. The zero-order valence-electron chi connectivity index (χ0n) is 13.4. The molecule has 3 heterocycles. The Bertz CT molecular complexity index is 288. The number of hydrogen-bond acceptors (Lipinski definition) is 3. The highest BCUT2D eigenvalue weighted by molar-refractivity contribution is 4.84. The average Bonchev–Trinajstić information content (AvgIpc) is 3.00. The maximum atomic E-state index is 2.76. The van der Waals surface area contributed by atoms with Crippen LogP contribution in [0.3, 0.4) is 0 Å². The van der Waals surface area contributed by atoms with Crippen LogP contribution in [0.2, 0.25) is 0 Å². The molecule has 0 unspecified atom stereocenters. The van der Waals surface area contributed by atoms with E-state index in [1.165, 1.54) is 90.9 Å². The van der Waals surface area contributed by atoms with Crippen molar-refractivity contribution in [1.82, 2.24) is 14.7 Å². The Labute approximate surface area is 125 Å². The molecule has 0 aromatic carbocycles. The minimum absolute atomic E-state index is 0.867. The zero-order valence-corrected chi connectivity index (χ0v) is 13.4. The van der Waals surface area contributed by atoms with Gasteiger partial charge in [0.1, 0.15) is 0 Å². The van der Waals surface area contributed by atoms with Crippen molar-refractivity contribution in [3.05, 3.63) is 0 Å². The van der Waals surface area contributed by atoms with E-state index in [0.717, 1.165) is 12.0 Å². The molecule has 0 amide bonds. The molecule has 0 aliphatic carbocycles. The first-order valence-electron chi connectivity index (χ1n) is 9.00. The minimum atomic E-state index is 0.867. The first-order valence-corrected chi connectivity index (χ1v) is 9.00. The van der Waals surface area contributed by atoms with Crippen LogP contribution in [0.5, 0.6) is 0 Å². The van der Waals surface area contributed by atoms with Gasteiger partial charge in [-0.25, -0.2) is 0 Å². The van der Waals surface area contributed by atoms with Gasteiger partial charge in [0.25, 0.3) is 0 Å². The Balaban J connectivity index is 1.40. The summed E-state index contributed by atoms with van der Waals surface area (Å²) in [7, 11) is 0. The van der Waals surface area contributed by atoms with Crippen LogP contribution in [0.4, 0.5) is 0 Å². The van der Waals surface area contributed by atoms with Crippen LogP contribution in [0.25, 0.3) is 0 Å². The van der Waals surface area contributed by atoms with Crippen molar-refractivity contribution in [1.29, 1.82) is 0 Å². The standard InChI is InChI=1S/C17H33N3/c1-16-6-4-8-18(14-16)12-13-19-9-5-7-17(15-19)20-10-2-3-11-20/h16-17H,2-15H2,1H3/t16-,17+/m1/s1. The number of hydrogen-bond donors (Lipinski definition) is 0. The first-order chi connectivity index (χ1) is 9.81. The second-order valence-electron chi connectivity index (χ2n) is 7.39. The van der Waals surface area contributed by atoms with Gasteiger partial charge < -0.3 is 9.80 Å². The van der Waals surface area contributed by atoms with E-state index in [0.29, 0.717) is 0 Å². The molecule has 0 radical (unpaired) electrons. The maximum Gasteiger partial charge on any atom is 0.0223 e. The third kappa shape index (κ3) is 3.96. The highest BCUT2D eigenvalue weighted by Crippen LogP contribution is 2.21. The van der Waals surface area contributed by atoms with Gasteiger partial charge in [-0.2, -0.15) is 0 Å². The molecule has 0 N–H and O–H groups in total. The smallest absolute Gasteiger partial charge is 0.0223 e. The van der Waals surface area contributed by atoms with E-state index in [-0.39, 0.29) is 0 Å². The van der Waals surface area contributed by atoms with Crippen LogP contribution in [-0.2, 0) is 0 Å². The average molecular weight is 279 g/mol. The normalized spacial score (nSPS) is 34.6. The molecule has 3 aliphatic rings. The van der Waals surface area contributed by atoms with E-state index in [2.05, 4.69) is 21.6 Å². The lowest BCUT2D eigenvalue weighted by Gasteiger charge is -2.39. The second-order valence-corrected chi connectivity index (χ2v) is 7.39. The van der Waals surface area contributed by atoms with Crippen molar-refractivity contribution < 1.29 is 0 Å². The molecule has 3 saturated heterocycles. The Hall–Kier alpha value is -0.120. The van der Waals surface area contributed by atoms with Crippen molar-refractivity contribution in [2.24, 2.45) is 5.92 Å². The van der Waals surface area contributed by atoms with Crippen LogP contribution in [0, 0.1) is 5.92 Å². The summed E-state index contributed by atoms with van der Waals surface area (Å²) in [5.74, 6) is 0.919. The molecule has 2 atom stereocenters. The molecule has 116 valence electrons. The lowest BCUT2D eigenvalue weighted by molar-refractivity contribution is 0.0958. The quantitative estimate of drug-likeness (QED) is 0.782. The Kier molecular flexibility index (Phi) is 5.36. The predicted molar refractivity (Wildman–Crippen MR) is 85.1 cm³/mol. The van der Waals surface area contributed by atoms with Gasteiger partial charge in [-0.1, -0.05) is 6.92 Å². The molecule has 3 fully saturated rings. The molecule has 0 aromatic heterocycles. The Morgan fingerprint density at radius 3 is 2.10 bits per heavy atom. The van der Waals surface area contributed by atoms with Crippen molar-refractivity contribution in [3.63, 3.8) is 0 Å². The fourth-order valence-corrected chi connectivity index (χ4v) is 4.41. The van der Waals surface area contributed by atoms with Crippen LogP contribution < -0.4 is 0 Å². The molecule has 3 aliphatic heterocycles. The summed E-state index contributed by atoms with van der Waals surface area (Å²) in [6.07, 6.45) is 8.58. The van der Waals surface area contributed by atoms with Gasteiger partial charge in [-0.3, -0.25) is 4.90 Å². The van der Waals surface area contributed by atoms with Gasteiger partial charge in [0.2, 0.25) is 0 Å². The number of nitrogens with zero attached hydrogens (tertiary/aromatic N) is 3. The third-order valence-electron chi connectivity index (χ3n) is 5.61. The summed E-state index contributed by atoms with van der Waals surface area (Å²) >= 11 is 0. The van der Waals surface area contributed by atoms with Gasteiger partial charge in [-0.15, -0.1) is 0 Å². The minimum Gasteiger partial charge on any atom is -0.302 e. The monoisotopic (exact) mass is 279 g/mol. The maximum absolute atomic E-state index is 2.76. The fourth-order valence-electron chi connectivity index (χ4n) is 4.41. The number of piperidine rings is 2. The van der Waals surface area contributed by atoms with Gasteiger partial charge >= 0.3 is 0 Å². The van der Waals surface area contributed by atoms with E-state index < -0.39 is 0 Å². The molecule has 3 nitrogen and oxygen atoms in total. The highest BCUT2D eigenvalue weighted by Gasteiger charge is 2.27. The molecule has 20 heavy (non-hydrogen) atoms. The van der Waals surface area contributed by atoms with Gasteiger partial charge in [0, 0.05) is 32.2 Å². The van der Waals surface area contributed by atoms with E-state index in [9.17, 15) is 0 Å². The second kappa shape index (κ2) is 7.24. The molecule has 0 bridgehead atoms. The highest BCUT2D eigenvalue weighted by atomic mass is 15.3. The topological polar surface area (TPSA) is 9.72 Å². The van der Waals surface area contributed by atoms with Crippen molar-refractivity contribution >= 4 is 0 Å². The number of rotatable bonds is 4. The first kappa shape index (κ1) is 14.8. The summed E-state index contributed by atoms with van der Waals surface area (Å²) in [6, 6.07) is 0.867. The fraction of sp³-hybridized carbons (Fsp3) is 1.00. The summed E-state index contributed by atoms with van der Waals surface area (Å²) in [6.45, 7) is 13.1. The lowest BCUT2D eigenvalue weighted by Crippen LogP contribution is -2.49. The molecule has 3 rings (SSSR count). The largest absolute Gasteiger partial charge is 0.302 e. The van der Waals surface area contributed by atoms with E-state index >= 15 is 0 Å². The summed E-state index contributed by atoms with van der Waals surface area (Å²) < 4.78 is 0. The summed E-state index contributed by atoms with van der Waals surface area (Å²) in [4.78, 5) is 8.20. The third-order valence-corrected chi connectivity index (χ3v) is 5.61. The molecular formula is C17H33N3. The molecule has 3 heteroatoms. The zero-order chi connectivity index (χ0) is 13.8. The van der Waals surface area contributed by atoms with E-state index in [1.54, 1.807) is 0 Å². The van der Waals surface area contributed by atoms with Crippen molar-refractivity contribution in [3.8, 4) is 0 Å². The van der Waals surface area contributed by atoms with Crippen molar-refractivity contribution in [2.45, 2.75) is 51.5 Å². The SMILES string of the molecule is C[C@@H]1CCCN(CCN2CCC[C@H](N3CCCC3)C2)C1. The molecule has 0 aromatic rings. The van der Waals surface area contributed by atoms with Crippen LogP contribution in [0.1, 0.15) is 45.4 Å². The van der Waals surface area contributed by atoms with Crippen LogP contribution >= 0.6 is 0 Å². The summed E-state index contributed by atoms with van der Waals surface area (Å²) in [5, 5.41) is 0. The number of likely N-dealkylation sites (tertiary alicyclic amines) is 3. The van der Waals surface area contributed by atoms with Gasteiger partial charge in [0.15, 0.2) is 0 Å². The van der Waals surface area contributed by atoms with Gasteiger partial charge in [0.05, 0.1) is 0 Å². The van der Waals surface area contributed by atoms with E-state index in [4.69, 9.17) is 0 Å². The van der Waals surface area contributed by atoms with Crippen LogP contribution in [-0.4, -0.2) is 73.1 Å².